The standard InChI is InChI=1S/C24H29N3O2/c1-26(2)20(16-19-12-8-5-9-13-19)17-25-21-22(24(29)23(21)28)27(3)15-14-18-10-6-4-7-11-18/h4-13,20,25H,14-17H2,1-3H3. The molecule has 0 aromatic heterocycles. The monoisotopic (exact) mass is 391 g/mol. The van der Waals surface area contributed by atoms with Crippen LogP contribution in [0.5, 0.6) is 0 Å². The van der Waals surface area contributed by atoms with Gasteiger partial charge >= 0.3 is 0 Å². The lowest BCUT2D eigenvalue weighted by atomic mass is 10.0. The number of hydrogen-bond donors (Lipinski definition) is 1. The Morgan fingerprint density at radius 3 is 2.00 bits per heavy atom. The minimum Gasteiger partial charge on any atom is -0.378 e. The highest BCUT2D eigenvalue weighted by Gasteiger charge is 2.25. The molecule has 0 amide bonds. The van der Waals surface area contributed by atoms with Crippen molar-refractivity contribution in [2.45, 2.75) is 18.9 Å². The van der Waals surface area contributed by atoms with E-state index in [1.165, 1.54) is 11.1 Å². The molecule has 5 heteroatoms. The fourth-order valence-corrected chi connectivity index (χ4v) is 3.50. The molecule has 5 nitrogen and oxygen atoms in total. The highest BCUT2D eigenvalue weighted by Crippen LogP contribution is 2.20. The lowest BCUT2D eigenvalue weighted by molar-refractivity contribution is 0.303. The Morgan fingerprint density at radius 1 is 0.828 bits per heavy atom. The van der Waals surface area contributed by atoms with E-state index in [1.54, 1.807) is 0 Å². The lowest BCUT2D eigenvalue weighted by Crippen LogP contribution is -2.44. The van der Waals surface area contributed by atoms with Crippen molar-refractivity contribution in [1.82, 2.24) is 4.90 Å². The molecule has 0 heterocycles. The van der Waals surface area contributed by atoms with Crippen LogP contribution in [-0.2, 0) is 12.8 Å². The Morgan fingerprint density at radius 2 is 1.41 bits per heavy atom. The lowest BCUT2D eigenvalue weighted by Gasteiger charge is -2.28. The zero-order valence-electron chi connectivity index (χ0n) is 17.4. The molecular weight excluding hydrogens is 362 g/mol. The first kappa shape index (κ1) is 20.8. The molecule has 0 saturated heterocycles. The molecule has 0 bridgehead atoms. The van der Waals surface area contributed by atoms with Crippen LogP contribution >= 0.6 is 0 Å². The fourth-order valence-electron chi connectivity index (χ4n) is 3.50. The first-order chi connectivity index (χ1) is 14.0. The van der Waals surface area contributed by atoms with Gasteiger partial charge in [0.25, 0.3) is 10.9 Å². The van der Waals surface area contributed by atoms with E-state index in [-0.39, 0.29) is 6.04 Å². The minimum atomic E-state index is -0.413. The van der Waals surface area contributed by atoms with Crippen molar-refractivity contribution < 1.29 is 0 Å². The minimum absolute atomic E-state index is 0.212. The molecule has 0 aliphatic carbocycles. The van der Waals surface area contributed by atoms with Crippen molar-refractivity contribution in [3.05, 3.63) is 92.2 Å². The number of anilines is 2. The number of benzene rings is 2. The van der Waals surface area contributed by atoms with Crippen molar-refractivity contribution in [3.63, 3.8) is 0 Å². The van der Waals surface area contributed by atoms with Gasteiger partial charge in [-0.1, -0.05) is 60.7 Å². The average molecular weight is 392 g/mol. The number of likely N-dealkylation sites (N-methyl/N-ethyl adjacent to an activating group) is 2. The van der Waals surface area contributed by atoms with Crippen LogP contribution in [0.2, 0.25) is 0 Å². The quantitative estimate of drug-likeness (QED) is 0.539. The Balaban J connectivity index is 1.64. The number of rotatable bonds is 10. The fraction of sp³-hybridized carbons (Fsp3) is 0.333. The van der Waals surface area contributed by atoms with Gasteiger partial charge in [0.1, 0.15) is 11.4 Å². The average Bonchev–Trinajstić information content (AvgIpc) is 2.74. The largest absolute Gasteiger partial charge is 0.378 e. The van der Waals surface area contributed by atoms with Crippen molar-refractivity contribution in [2.75, 3.05) is 44.4 Å². The third-order valence-corrected chi connectivity index (χ3v) is 5.40. The van der Waals surface area contributed by atoms with Crippen molar-refractivity contribution in [2.24, 2.45) is 0 Å². The summed E-state index contributed by atoms with van der Waals surface area (Å²) in [5.41, 5.74) is 2.60. The Hall–Kier alpha value is -2.92. The third kappa shape index (κ3) is 5.12. The van der Waals surface area contributed by atoms with Crippen LogP contribution in [0, 0.1) is 0 Å². The van der Waals surface area contributed by atoms with Gasteiger partial charge < -0.3 is 15.1 Å². The first-order valence-corrected chi connectivity index (χ1v) is 10.00. The summed E-state index contributed by atoms with van der Waals surface area (Å²) in [6.07, 6.45) is 1.69. The summed E-state index contributed by atoms with van der Waals surface area (Å²) in [5.74, 6) is 0. The van der Waals surface area contributed by atoms with Gasteiger partial charge in [-0.15, -0.1) is 0 Å². The maximum absolute atomic E-state index is 12.2. The predicted molar refractivity (Wildman–Crippen MR) is 121 cm³/mol. The Labute approximate surface area is 172 Å². The van der Waals surface area contributed by atoms with E-state index in [9.17, 15) is 9.59 Å². The van der Waals surface area contributed by atoms with Gasteiger partial charge in [0, 0.05) is 26.2 Å². The summed E-state index contributed by atoms with van der Waals surface area (Å²) in [7, 11) is 5.94. The van der Waals surface area contributed by atoms with Crippen molar-refractivity contribution in [1.29, 1.82) is 0 Å². The molecule has 1 atom stereocenters. The summed E-state index contributed by atoms with van der Waals surface area (Å²) in [6.45, 7) is 1.29. The molecule has 3 rings (SSSR count). The highest BCUT2D eigenvalue weighted by molar-refractivity contribution is 5.75. The van der Waals surface area contributed by atoms with Crippen LogP contribution in [0.3, 0.4) is 0 Å². The maximum atomic E-state index is 12.2. The summed E-state index contributed by atoms with van der Waals surface area (Å²) < 4.78 is 0. The maximum Gasteiger partial charge on any atom is 0.253 e. The van der Waals surface area contributed by atoms with Gasteiger partial charge in [0.2, 0.25) is 0 Å². The van der Waals surface area contributed by atoms with E-state index in [4.69, 9.17) is 0 Å². The van der Waals surface area contributed by atoms with Crippen molar-refractivity contribution >= 4 is 11.4 Å². The molecule has 0 aliphatic rings. The van der Waals surface area contributed by atoms with Crippen LogP contribution in [0.1, 0.15) is 11.1 Å². The van der Waals surface area contributed by atoms with Crippen LogP contribution in [0.15, 0.2) is 70.3 Å². The highest BCUT2D eigenvalue weighted by atomic mass is 16.2. The SMILES string of the molecule is CN(CCc1ccccc1)c1c(NCC(Cc2ccccc2)N(C)C)c(=O)c1=O. The van der Waals surface area contributed by atoms with E-state index in [0.29, 0.717) is 24.5 Å². The van der Waals surface area contributed by atoms with E-state index in [1.807, 2.05) is 62.4 Å². The molecule has 3 aromatic rings. The Bertz CT molecular complexity index is 977. The zero-order chi connectivity index (χ0) is 20.8. The second kappa shape index (κ2) is 9.52. The Kier molecular flexibility index (Phi) is 6.83. The van der Waals surface area contributed by atoms with Gasteiger partial charge in [-0.05, 0) is 38.1 Å². The normalized spacial score (nSPS) is 12.3. The van der Waals surface area contributed by atoms with Crippen LogP contribution in [0.4, 0.5) is 11.4 Å². The predicted octanol–water partition coefficient (Wildman–Crippen LogP) is 2.55. The van der Waals surface area contributed by atoms with Gasteiger partial charge in [-0.2, -0.15) is 0 Å². The number of nitrogens with zero attached hydrogens (tertiary/aromatic N) is 2. The van der Waals surface area contributed by atoms with Gasteiger partial charge in [0.05, 0.1) is 0 Å². The molecule has 1 N–H and O–H groups in total. The zero-order valence-corrected chi connectivity index (χ0v) is 17.4. The van der Waals surface area contributed by atoms with E-state index in [0.717, 1.165) is 12.8 Å². The number of nitrogens with one attached hydrogen (secondary N) is 1. The molecule has 3 aromatic carbocycles. The molecule has 0 saturated carbocycles. The van der Waals surface area contributed by atoms with Gasteiger partial charge in [0.15, 0.2) is 0 Å². The first-order valence-electron chi connectivity index (χ1n) is 10.00. The summed E-state index contributed by atoms with van der Waals surface area (Å²) >= 11 is 0. The second-order valence-electron chi connectivity index (χ2n) is 7.73. The molecule has 0 radical (unpaired) electrons. The summed E-state index contributed by atoms with van der Waals surface area (Å²) in [4.78, 5) is 28.4. The number of hydrogen-bond acceptors (Lipinski definition) is 5. The molecule has 29 heavy (non-hydrogen) atoms. The van der Waals surface area contributed by atoms with Gasteiger partial charge in [-0.25, -0.2) is 0 Å². The molecule has 1 unspecified atom stereocenters. The third-order valence-electron chi connectivity index (χ3n) is 5.40. The summed E-state index contributed by atoms with van der Waals surface area (Å²) in [5, 5.41) is 3.26. The molecule has 152 valence electrons. The summed E-state index contributed by atoms with van der Waals surface area (Å²) in [6, 6.07) is 20.6. The molecule has 0 fully saturated rings. The van der Waals surface area contributed by atoms with Crippen molar-refractivity contribution in [3.8, 4) is 0 Å². The topological polar surface area (TPSA) is 52.6 Å². The smallest absolute Gasteiger partial charge is 0.253 e. The van der Waals surface area contributed by atoms with Gasteiger partial charge in [-0.3, -0.25) is 9.59 Å². The van der Waals surface area contributed by atoms with Crippen LogP contribution in [-0.4, -0.2) is 45.2 Å². The molecular formula is C24H29N3O2. The van der Waals surface area contributed by atoms with Crippen LogP contribution in [0.25, 0.3) is 0 Å². The van der Waals surface area contributed by atoms with E-state index in [2.05, 4.69) is 34.5 Å². The molecule has 0 spiro atoms. The van der Waals surface area contributed by atoms with E-state index >= 15 is 0 Å². The second-order valence-corrected chi connectivity index (χ2v) is 7.73. The van der Waals surface area contributed by atoms with E-state index < -0.39 is 10.9 Å². The molecule has 0 aliphatic heterocycles. The van der Waals surface area contributed by atoms with Crippen LogP contribution < -0.4 is 21.1 Å².